The van der Waals surface area contributed by atoms with Gasteiger partial charge in [0.2, 0.25) is 0 Å². The van der Waals surface area contributed by atoms with Crippen LogP contribution in [0.3, 0.4) is 0 Å². The summed E-state index contributed by atoms with van der Waals surface area (Å²) in [5.74, 6) is -0.179. The normalized spacial score (nSPS) is 18.0. The van der Waals surface area contributed by atoms with Crippen LogP contribution < -0.4 is 9.47 Å². The molecule has 1 heterocycles. The van der Waals surface area contributed by atoms with Gasteiger partial charge in [0.05, 0.1) is 25.8 Å². The van der Waals surface area contributed by atoms with E-state index in [-0.39, 0.29) is 11.3 Å². The van der Waals surface area contributed by atoms with Crippen LogP contribution in [-0.2, 0) is 9.59 Å². The van der Waals surface area contributed by atoms with Gasteiger partial charge in [0.25, 0.3) is 11.7 Å². The molecule has 7 nitrogen and oxygen atoms in total. The standard InChI is InChI=1S/C24H28N2O5/c1-25(2)14-5-15-26-21(16-6-10-18(30-3)11-7-16)20(23(28)24(26)29)22(27)17-8-12-19(31-4)13-9-17/h6-13,21,27H,5,14-15H2,1-4H3/b22-20+. The Morgan fingerprint density at radius 2 is 1.52 bits per heavy atom. The molecule has 1 atom stereocenters. The zero-order chi connectivity index (χ0) is 22.5. The Bertz CT molecular complexity index is 964. The number of likely N-dealkylation sites (tertiary alicyclic amines) is 1. The summed E-state index contributed by atoms with van der Waals surface area (Å²) < 4.78 is 10.4. The summed E-state index contributed by atoms with van der Waals surface area (Å²) in [6, 6.07) is 13.2. The molecule has 0 radical (unpaired) electrons. The molecule has 7 heteroatoms. The maximum absolute atomic E-state index is 13.0. The second-order valence-electron chi connectivity index (χ2n) is 7.65. The van der Waals surface area contributed by atoms with E-state index in [1.807, 2.05) is 31.1 Å². The lowest BCUT2D eigenvalue weighted by molar-refractivity contribution is -0.139. The number of aliphatic hydroxyl groups is 1. The summed E-state index contributed by atoms with van der Waals surface area (Å²) in [4.78, 5) is 29.5. The van der Waals surface area contributed by atoms with Crippen LogP contribution in [-0.4, -0.2) is 68.0 Å². The molecule has 0 spiro atoms. The Hall–Kier alpha value is -3.32. The number of ether oxygens (including phenoxy) is 2. The fourth-order valence-corrected chi connectivity index (χ4v) is 3.71. The van der Waals surface area contributed by atoms with Gasteiger partial charge in [-0.15, -0.1) is 0 Å². The summed E-state index contributed by atoms with van der Waals surface area (Å²) in [5, 5.41) is 11.0. The maximum atomic E-state index is 13.0. The highest BCUT2D eigenvalue weighted by Gasteiger charge is 2.45. The Labute approximate surface area is 182 Å². The van der Waals surface area contributed by atoms with Crippen LogP contribution in [0.2, 0.25) is 0 Å². The minimum Gasteiger partial charge on any atom is -0.507 e. The Morgan fingerprint density at radius 1 is 0.968 bits per heavy atom. The number of methoxy groups -OCH3 is 2. The number of aliphatic hydroxyl groups excluding tert-OH is 1. The highest BCUT2D eigenvalue weighted by molar-refractivity contribution is 6.46. The molecule has 0 aromatic heterocycles. The summed E-state index contributed by atoms with van der Waals surface area (Å²) in [7, 11) is 7.04. The summed E-state index contributed by atoms with van der Waals surface area (Å²) in [6.45, 7) is 1.18. The smallest absolute Gasteiger partial charge is 0.295 e. The lowest BCUT2D eigenvalue weighted by Crippen LogP contribution is -2.32. The number of Topliss-reactive ketones (excluding diaryl/α,β-unsaturated/α-hetero) is 1. The molecule has 0 aliphatic carbocycles. The van der Waals surface area contributed by atoms with Gasteiger partial charge in [0.1, 0.15) is 17.3 Å². The molecule has 1 aliphatic rings. The third-order valence-electron chi connectivity index (χ3n) is 5.34. The van der Waals surface area contributed by atoms with Crippen molar-refractivity contribution in [1.82, 2.24) is 9.80 Å². The summed E-state index contributed by atoms with van der Waals surface area (Å²) in [6.07, 6.45) is 0.704. The predicted octanol–water partition coefficient (Wildman–Crippen LogP) is 3.08. The number of carbonyl (C=O) groups excluding carboxylic acids is 2. The molecular formula is C24H28N2O5. The van der Waals surface area contributed by atoms with E-state index in [0.717, 1.165) is 12.1 Å². The van der Waals surface area contributed by atoms with Crippen molar-refractivity contribution in [3.8, 4) is 11.5 Å². The molecule has 2 aromatic carbocycles. The monoisotopic (exact) mass is 424 g/mol. The lowest BCUT2D eigenvalue weighted by atomic mass is 9.95. The highest BCUT2D eigenvalue weighted by Crippen LogP contribution is 2.40. The number of benzene rings is 2. The number of hydrogen-bond acceptors (Lipinski definition) is 6. The van der Waals surface area contributed by atoms with Crippen molar-refractivity contribution < 1.29 is 24.2 Å². The van der Waals surface area contributed by atoms with Crippen molar-refractivity contribution in [1.29, 1.82) is 0 Å². The highest BCUT2D eigenvalue weighted by atomic mass is 16.5. The van der Waals surface area contributed by atoms with E-state index in [2.05, 4.69) is 0 Å². The number of amides is 1. The van der Waals surface area contributed by atoms with Gasteiger partial charge >= 0.3 is 0 Å². The first kappa shape index (κ1) is 22.4. The van der Waals surface area contributed by atoms with Gasteiger partial charge in [-0.25, -0.2) is 0 Å². The second kappa shape index (κ2) is 9.66. The Balaban J connectivity index is 2.06. The largest absolute Gasteiger partial charge is 0.507 e. The van der Waals surface area contributed by atoms with E-state index >= 15 is 0 Å². The molecule has 2 aromatic rings. The lowest BCUT2D eigenvalue weighted by Gasteiger charge is -2.26. The van der Waals surface area contributed by atoms with Crippen LogP contribution in [0, 0.1) is 0 Å². The number of carbonyl (C=O) groups is 2. The molecule has 1 N–H and O–H groups in total. The van der Waals surface area contributed by atoms with Crippen LogP contribution in [0.25, 0.3) is 5.76 Å². The van der Waals surface area contributed by atoms with Crippen LogP contribution in [0.15, 0.2) is 54.1 Å². The fourth-order valence-electron chi connectivity index (χ4n) is 3.71. The quantitative estimate of drug-likeness (QED) is 0.399. The van der Waals surface area contributed by atoms with E-state index in [0.29, 0.717) is 30.0 Å². The molecule has 1 amide bonds. The van der Waals surface area contributed by atoms with Gasteiger partial charge in [-0.1, -0.05) is 12.1 Å². The first-order valence-electron chi connectivity index (χ1n) is 10.1. The minimum atomic E-state index is -0.681. The van der Waals surface area contributed by atoms with E-state index in [9.17, 15) is 14.7 Å². The molecule has 1 unspecified atom stereocenters. The van der Waals surface area contributed by atoms with Crippen LogP contribution >= 0.6 is 0 Å². The van der Waals surface area contributed by atoms with Crippen molar-refractivity contribution in [2.75, 3.05) is 41.4 Å². The van der Waals surface area contributed by atoms with Crippen molar-refractivity contribution in [2.24, 2.45) is 0 Å². The van der Waals surface area contributed by atoms with Gasteiger partial charge in [-0.05, 0) is 69.0 Å². The molecular weight excluding hydrogens is 396 g/mol. The van der Waals surface area contributed by atoms with Crippen LogP contribution in [0.1, 0.15) is 23.6 Å². The van der Waals surface area contributed by atoms with E-state index < -0.39 is 17.7 Å². The molecule has 1 saturated heterocycles. The molecule has 0 saturated carbocycles. The average Bonchev–Trinajstić information content (AvgIpc) is 3.03. The van der Waals surface area contributed by atoms with E-state index in [1.165, 1.54) is 0 Å². The van der Waals surface area contributed by atoms with Gasteiger partial charge < -0.3 is 24.4 Å². The molecule has 3 rings (SSSR count). The predicted molar refractivity (Wildman–Crippen MR) is 118 cm³/mol. The minimum absolute atomic E-state index is 0.0881. The van der Waals surface area contributed by atoms with Gasteiger partial charge in [-0.3, -0.25) is 9.59 Å². The second-order valence-corrected chi connectivity index (χ2v) is 7.65. The van der Waals surface area contributed by atoms with E-state index in [1.54, 1.807) is 55.5 Å². The first-order chi connectivity index (χ1) is 14.9. The third-order valence-corrected chi connectivity index (χ3v) is 5.34. The molecule has 1 aliphatic heterocycles. The molecule has 1 fully saturated rings. The van der Waals surface area contributed by atoms with Gasteiger partial charge in [0.15, 0.2) is 0 Å². The van der Waals surface area contributed by atoms with Crippen molar-refractivity contribution in [3.63, 3.8) is 0 Å². The van der Waals surface area contributed by atoms with E-state index in [4.69, 9.17) is 9.47 Å². The van der Waals surface area contributed by atoms with Crippen LogP contribution in [0.4, 0.5) is 0 Å². The average molecular weight is 424 g/mol. The zero-order valence-corrected chi connectivity index (χ0v) is 18.3. The maximum Gasteiger partial charge on any atom is 0.295 e. The number of hydrogen-bond donors (Lipinski definition) is 1. The third kappa shape index (κ3) is 4.72. The Morgan fingerprint density at radius 3 is 2.03 bits per heavy atom. The number of ketones is 1. The zero-order valence-electron chi connectivity index (χ0n) is 18.3. The molecule has 31 heavy (non-hydrogen) atoms. The van der Waals surface area contributed by atoms with Crippen LogP contribution in [0.5, 0.6) is 11.5 Å². The number of nitrogens with zero attached hydrogens (tertiary/aromatic N) is 2. The Kier molecular flexibility index (Phi) is 6.97. The number of rotatable bonds is 8. The van der Waals surface area contributed by atoms with Crippen molar-refractivity contribution >= 4 is 17.4 Å². The van der Waals surface area contributed by atoms with Crippen molar-refractivity contribution in [2.45, 2.75) is 12.5 Å². The molecule has 164 valence electrons. The topological polar surface area (TPSA) is 79.3 Å². The van der Waals surface area contributed by atoms with Gasteiger partial charge in [0, 0.05) is 12.1 Å². The first-order valence-corrected chi connectivity index (χ1v) is 10.1. The van der Waals surface area contributed by atoms with Gasteiger partial charge in [-0.2, -0.15) is 0 Å². The summed E-state index contributed by atoms with van der Waals surface area (Å²) >= 11 is 0. The summed E-state index contributed by atoms with van der Waals surface area (Å²) in [5.41, 5.74) is 1.27. The van der Waals surface area contributed by atoms with Crippen molar-refractivity contribution in [3.05, 3.63) is 65.2 Å². The fraction of sp³-hybridized carbons (Fsp3) is 0.333. The SMILES string of the molecule is COc1ccc(/C(O)=C2\C(=O)C(=O)N(CCCN(C)C)C2c2ccc(OC)cc2)cc1. The molecule has 0 bridgehead atoms.